The Kier molecular flexibility index (Phi) is 13.8. The van der Waals surface area contributed by atoms with Crippen molar-refractivity contribution in [3.63, 3.8) is 0 Å². The summed E-state index contributed by atoms with van der Waals surface area (Å²) in [7, 11) is -3.75. The van der Waals surface area contributed by atoms with Gasteiger partial charge in [-0.1, -0.05) is 88.1 Å². The Morgan fingerprint density at radius 3 is 2.16 bits per heavy atom. The van der Waals surface area contributed by atoms with Gasteiger partial charge in [-0.05, 0) is 49.8 Å². The van der Waals surface area contributed by atoms with Gasteiger partial charge < -0.3 is 25.4 Å². The predicted molar refractivity (Wildman–Crippen MR) is 198 cm³/mol. The molecule has 0 bridgehead atoms. The lowest BCUT2D eigenvalue weighted by molar-refractivity contribution is -0.141. The topological polar surface area (TPSA) is 142 Å². The molecule has 3 aromatic carbocycles. The lowest BCUT2D eigenvalue weighted by atomic mass is 9.79. The molecule has 0 saturated heterocycles. The Morgan fingerprint density at radius 2 is 1.58 bits per heavy atom. The van der Waals surface area contributed by atoms with E-state index in [1.807, 2.05) is 42.7 Å². The number of carboxylic acid groups (broad SMARTS) is 1. The number of rotatable bonds is 17. The Balaban J connectivity index is 1.61. The Labute approximate surface area is 300 Å². The molecule has 12 heteroatoms. The van der Waals surface area contributed by atoms with Gasteiger partial charge in [0, 0.05) is 23.7 Å². The summed E-state index contributed by atoms with van der Waals surface area (Å²) in [5, 5.41) is 14.4. The van der Waals surface area contributed by atoms with Gasteiger partial charge in [-0.2, -0.15) is 0 Å². The number of nitrogens with one attached hydrogen (secondary N) is 2. The van der Waals surface area contributed by atoms with E-state index in [9.17, 15) is 27.9 Å². The summed E-state index contributed by atoms with van der Waals surface area (Å²) in [6.45, 7) is 6.11. The highest BCUT2D eigenvalue weighted by molar-refractivity contribution is 7.98. The second-order valence-electron chi connectivity index (χ2n) is 12.9. The van der Waals surface area contributed by atoms with E-state index in [1.165, 1.54) is 18.7 Å². The fraction of sp³-hybridized carbons (Fsp3) is 0.447. The number of thioether (sulfide) groups is 1. The van der Waals surface area contributed by atoms with E-state index < -0.39 is 45.1 Å². The first kappa shape index (κ1) is 38.8. The number of hydrogen-bond donors (Lipinski definition) is 3. The maximum absolute atomic E-state index is 14.4. The molecule has 270 valence electrons. The molecule has 3 N–H and O–H groups in total. The predicted octanol–water partition coefficient (Wildman–Crippen LogP) is 6.92. The zero-order valence-electron chi connectivity index (χ0n) is 29.3. The number of para-hydroxylation sites is 1. The first-order chi connectivity index (χ1) is 23.9. The van der Waals surface area contributed by atoms with E-state index >= 15 is 0 Å². The van der Waals surface area contributed by atoms with Crippen LogP contribution in [0.2, 0.25) is 0 Å². The molecule has 0 radical (unpaired) electrons. The van der Waals surface area contributed by atoms with Crippen molar-refractivity contribution in [2.75, 3.05) is 30.1 Å². The summed E-state index contributed by atoms with van der Waals surface area (Å²) < 4.78 is 34.8. The molecule has 0 unspecified atom stereocenters. The molecule has 2 amide bonds. The fourth-order valence-electron chi connectivity index (χ4n) is 6.37. The van der Waals surface area contributed by atoms with Crippen molar-refractivity contribution in [1.82, 2.24) is 10.6 Å². The Morgan fingerprint density at radius 1 is 0.960 bits per heavy atom. The number of hydrogen-bond acceptors (Lipinski definition) is 8. The molecule has 0 aromatic heterocycles. The van der Waals surface area contributed by atoms with Crippen LogP contribution in [0.4, 0.5) is 11.4 Å². The molecule has 1 aliphatic heterocycles. The lowest BCUT2D eigenvalue weighted by Crippen LogP contribution is -2.46. The average Bonchev–Trinajstić information content (AvgIpc) is 3.20. The molecule has 0 fully saturated rings. The van der Waals surface area contributed by atoms with Crippen LogP contribution in [0, 0.1) is 5.41 Å². The van der Waals surface area contributed by atoms with E-state index in [-0.39, 0.29) is 23.7 Å². The standard InChI is InChI=1S/C38H49N3O7S2/c1-5-7-20-38(21-8-6-2)25-41(29-17-13-10-14-18-29)30-23-32(49-4)31(24-33(30)50(46,47)26-38)48-22-19-34(42)40-35(28-15-11-9-12-16-28)36(43)39-27(3)37(44)45/h9-18,23-24,27,35H,5-8,19-22,25-26H2,1-4H3,(H,39,43)(H,40,42)(H,44,45)/t27-,35+/m0/s1. The van der Waals surface area contributed by atoms with Crippen LogP contribution >= 0.6 is 11.8 Å². The number of sulfone groups is 1. The molecular weight excluding hydrogens is 675 g/mol. The van der Waals surface area contributed by atoms with Gasteiger partial charge in [0.15, 0.2) is 9.84 Å². The van der Waals surface area contributed by atoms with Gasteiger partial charge in [-0.15, -0.1) is 11.8 Å². The van der Waals surface area contributed by atoms with Crippen molar-refractivity contribution < 1.29 is 32.6 Å². The molecule has 3 aromatic rings. The number of unbranched alkanes of at least 4 members (excludes halogenated alkanes) is 2. The van der Waals surface area contributed by atoms with Crippen molar-refractivity contribution in [3.8, 4) is 5.75 Å². The second-order valence-corrected chi connectivity index (χ2v) is 15.7. The fourth-order valence-corrected chi connectivity index (χ4v) is 9.03. The smallest absolute Gasteiger partial charge is 0.325 e. The maximum Gasteiger partial charge on any atom is 0.325 e. The van der Waals surface area contributed by atoms with Crippen LogP contribution < -0.4 is 20.3 Å². The number of carbonyl (C=O) groups excluding carboxylic acids is 2. The molecule has 0 saturated carbocycles. The molecule has 4 rings (SSSR count). The zero-order chi connectivity index (χ0) is 36.3. The van der Waals surface area contributed by atoms with Crippen molar-refractivity contribution >= 4 is 50.8 Å². The number of anilines is 2. The first-order valence-corrected chi connectivity index (χ1v) is 20.1. The number of benzene rings is 3. The number of nitrogens with zero attached hydrogens (tertiary/aromatic N) is 1. The Bertz CT molecular complexity index is 1710. The molecule has 0 spiro atoms. The lowest BCUT2D eigenvalue weighted by Gasteiger charge is -2.37. The van der Waals surface area contributed by atoms with Crippen LogP contribution in [0.5, 0.6) is 5.75 Å². The minimum absolute atomic E-state index is 0.0419. The molecule has 1 aliphatic rings. The van der Waals surface area contributed by atoms with Crippen LogP contribution in [0.15, 0.2) is 82.6 Å². The molecule has 1 heterocycles. The summed E-state index contributed by atoms with van der Waals surface area (Å²) in [6, 6.07) is 19.7. The van der Waals surface area contributed by atoms with Crippen molar-refractivity contribution in [1.29, 1.82) is 0 Å². The highest BCUT2D eigenvalue weighted by Crippen LogP contribution is 2.47. The second kappa shape index (κ2) is 17.8. The van der Waals surface area contributed by atoms with Crippen LogP contribution in [0.3, 0.4) is 0 Å². The van der Waals surface area contributed by atoms with Gasteiger partial charge in [0.25, 0.3) is 0 Å². The normalized spacial score (nSPS) is 16.0. The van der Waals surface area contributed by atoms with E-state index in [0.29, 0.717) is 23.5 Å². The third-order valence-electron chi connectivity index (χ3n) is 9.07. The molecular formula is C38H49N3O7S2. The van der Waals surface area contributed by atoms with Gasteiger partial charge >= 0.3 is 5.97 Å². The Hall–Kier alpha value is -4.03. The van der Waals surface area contributed by atoms with Gasteiger partial charge in [0.05, 0.1) is 34.3 Å². The van der Waals surface area contributed by atoms with E-state index in [1.54, 1.807) is 36.4 Å². The number of ether oxygens (including phenoxy) is 1. The third kappa shape index (κ3) is 9.81. The molecule has 2 atom stereocenters. The third-order valence-corrected chi connectivity index (χ3v) is 11.8. The zero-order valence-corrected chi connectivity index (χ0v) is 30.9. The number of fused-ring (bicyclic) bond motifs is 1. The van der Waals surface area contributed by atoms with Crippen LogP contribution in [-0.2, 0) is 24.2 Å². The minimum Gasteiger partial charge on any atom is -0.492 e. The first-order valence-electron chi connectivity index (χ1n) is 17.2. The summed E-state index contributed by atoms with van der Waals surface area (Å²) in [6.07, 6.45) is 7.23. The number of aliphatic carboxylic acids is 1. The van der Waals surface area contributed by atoms with Crippen LogP contribution in [0.25, 0.3) is 0 Å². The van der Waals surface area contributed by atoms with Crippen molar-refractivity contribution in [2.45, 2.75) is 87.6 Å². The number of amides is 2. The summed E-state index contributed by atoms with van der Waals surface area (Å²) >= 11 is 1.43. The monoisotopic (exact) mass is 723 g/mol. The average molecular weight is 724 g/mol. The van der Waals surface area contributed by atoms with Gasteiger partial charge in [0.2, 0.25) is 11.8 Å². The number of carbonyl (C=O) groups is 3. The van der Waals surface area contributed by atoms with Crippen molar-refractivity contribution in [3.05, 3.63) is 78.4 Å². The maximum atomic E-state index is 14.4. The SMILES string of the molecule is CCCCC1(CCCC)CN(c2ccccc2)c2cc(SC)c(OCCC(=O)N[C@@H](C(=O)N[C@@H](C)C(=O)O)c3ccccc3)cc2S(=O)(=O)C1. The molecule has 50 heavy (non-hydrogen) atoms. The highest BCUT2D eigenvalue weighted by atomic mass is 32.2. The van der Waals surface area contributed by atoms with Gasteiger partial charge in [0.1, 0.15) is 17.8 Å². The van der Waals surface area contributed by atoms with Gasteiger partial charge in [-0.25, -0.2) is 8.42 Å². The highest BCUT2D eigenvalue weighted by Gasteiger charge is 2.42. The largest absolute Gasteiger partial charge is 0.492 e. The van der Waals surface area contributed by atoms with E-state index in [0.717, 1.165) is 49.1 Å². The van der Waals surface area contributed by atoms with E-state index in [4.69, 9.17) is 4.74 Å². The minimum atomic E-state index is -3.75. The quantitative estimate of drug-likeness (QED) is 0.127. The molecule has 0 aliphatic carbocycles. The summed E-state index contributed by atoms with van der Waals surface area (Å²) in [4.78, 5) is 40.6. The summed E-state index contributed by atoms with van der Waals surface area (Å²) in [5.74, 6) is -1.94. The number of carboxylic acids is 1. The van der Waals surface area contributed by atoms with Crippen molar-refractivity contribution in [2.24, 2.45) is 5.41 Å². The molecule has 10 nitrogen and oxygen atoms in total. The van der Waals surface area contributed by atoms with Crippen LogP contribution in [0.1, 0.15) is 77.3 Å². The van der Waals surface area contributed by atoms with E-state index in [2.05, 4.69) is 29.4 Å². The van der Waals surface area contributed by atoms with Gasteiger partial charge in [-0.3, -0.25) is 14.4 Å². The summed E-state index contributed by atoms with van der Waals surface area (Å²) in [5.41, 5.74) is 1.61. The van der Waals surface area contributed by atoms with Crippen LogP contribution in [-0.4, -0.2) is 62.5 Å².